The zero-order valence-electron chi connectivity index (χ0n) is 22.2. The number of nitrogens with zero attached hydrogens (tertiary/aromatic N) is 4. The average Bonchev–Trinajstić information content (AvgIpc) is 3.55. The third-order valence-electron chi connectivity index (χ3n) is 6.23. The summed E-state index contributed by atoms with van der Waals surface area (Å²) < 4.78 is 15.4. The SMILES string of the molecule is CC.CCc1sc(S(=O)N2CC(=O)N(Cc3ccc(C4=NCCN4C)cc3)C(C(=O)O)C2)cc1/C=C\CCl. The number of carboxylic acid groups (broad SMARTS) is 1. The Bertz CT molecular complexity index is 1210. The molecule has 0 bridgehead atoms. The third kappa shape index (κ3) is 6.91. The van der Waals surface area contributed by atoms with Gasteiger partial charge in [-0.2, -0.15) is 0 Å². The Morgan fingerprint density at radius 2 is 2.00 bits per heavy atom. The van der Waals surface area contributed by atoms with E-state index in [1.807, 2.05) is 70.3 Å². The Morgan fingerprint density at radius 1 is 1.29 bits per heavy atom. The number of carbonyl (C=O) groups is 2. The predicted octanol–water partition coefficient (Wildman–Crippen LogP) is 4.10. The molecule has 2 unspecified atom stereocenters. The second kappa shape index (κ2) is 14.0. The molecule has 38 heavy (non-hydrogen) atoms. The van der Waals surface area contributed by atoms with Crippen molar-refractivity contribution in [1.29, 1.82) is 0 Å². The molecule has 1 fully saturated rings. The molecule has 1 aromatic heterocycles. The van der Waals surface area contributed by atoms with E-state index in [1.165, 1.54) is 20.5 Å². The number of alkyl halides is 1. The Balaban J connectivity index is 0.00000195. The topological polar surface area (TPSA) is 93.5 Å². The van der Waals surface area contributed by atoms with E-state index in [4.69, 9.17) is 11.6 Å². The maximum atomic E-state index is 13.3. The molecular weight excluding hydrogens is 544 g/mol. The van der Waals surface area contributed by atoms with Crippen LogP contribution in [-0.4, -0.2) is 86.3 Å². The highest BCUT2D eigenvalue weighted by molar-refractivity contribution is 7.85. The fraction of sp³-hybridized carbons (Fsp3) is 0.444. The van der Waals surface area contributed by atoms with Gasteiger partial charge in [-0.25, -0.2) is 13.3 Å². The first-order valence-corrected chi connectivity index (χ1v) is 15.2. The first-order valence-electron chi connectivity index (χ1n) is 12.7. The highest BCUT2D eigenvalue weighted by atomic mass is 35.5. The quantitative estimate of drug-likeness (QED) is 0.452. The molecule has 2 aromatic rings. The zero-order chi connectivity index (χ0) is 27.8. The number of hydrogen-bond acceptors (Lipinski definition) is 6. The molecule has 206 valence electrons. The van der Waals surface area contributed by atoms with Crippen LogP contribution in [0.2, 0.25) is 0 Å². The molecule has 1 amide bonds. The molecular formula is C27H35ClN4O4S2. The molecule has 4 rings (SSSR count). The number of allylic oxidation sites excluding steroid dienone is 1. The van der Waals surface area contributed by atoms with Gasteiger partial charge in [0.25, 0.3) is 0 Å². The van der Waals surface area contributed by atoms with Gasteiger partial charge in [-0.15, -0.1) is 22.9 Å². The van der Waals surface area contributed by atoms with Crippen molar-refractivity contribution in [2.24, 2.45) is 4.99 Å². The largest absolute Gasteiger partial charge is 0.480 e. The lowest BCUT2D eigenvalue weighted by atomic mass is 10.1. The Kier molecular flexibility index (Phi) is 11.1. The highest BCUT2D eigenvalue weighted by Crippen LogP contribution is 2.30. The van der Waals surface area contributed by atoms with Gasteiger partial charge in [-0.05, 0) is 23.6 Å². The van der Waals surface area contributed by atoms with Crippen molar-refractivity contribution in [1.82, 2.24) is 14.1 Å². The monoisotopic (exact) mass is 578 g/mol. The number of piperazine rings is 1. The number of likely N-dealkylation sites (N-methyl/N-ethyl adjacent to an activating group) is 1. The average molecular weight is 579 g/mol. The minimum atomic E-state index is -1.64. The second-order valence-electron chi connectivity index (χ2n) is 8.63. The first-order chi connectivity index (χ1) is 18.3. The Morgan fingerprint density at radius 3 is 2.58 bits per heavy atom. The van der Waals surface area contributed by atoms with Crippen LogP contribution < -0.4 is 0 Å². The Labute approximate surface area is 236 Å². The minimum absolute atomic E-state index is 0.0143. The number of aliphatic carboxylic acids is 1. The number of halogens is 1. The van der Waals surface area contributed by atoms with Gasteiger partial charge in [0.05, 0.1) is 13.1 Å². The molecule has 8 nitrogen and oxygen atoms in total. The van der Waals surface area contributed by atoms with Crippen molar-refractivity contribution in [3.8, 4) is 0 Å². The molecule has 2 aliphatic heterocycles. The highest BCUT2D eigenvalue weighted by Gasteiger charge is 2.39. The molecule has 1 N–H and O–H groups in total. The molecule has 2 aliphatic rings. The van der Waals surface area contributed by atoms with Gasteiger partial charge >= 0.3 is 5.97 Å². The van der Waals surface area contributed by atoms with E-state index >= 15 is 0 Å². The second-order valence-corrected chi connectivity index (χ2v) is 11.8. The fourth-order valence-corrected chi connectivity index (χ4v) is 7.12. The van der Waals surface area contributed by atoms with Crippen molar-refractivity contribution in [2.75, 3.05) is 39.1 Å². The van der Waals surface area contributed by atoms with Crippen LogP contribution in [0.1, 0.15) is 42.3 Å². The zero-order valence-corrected chi connectivity index (χ0v) is 24.6. The normalized spacial score (nSPS) is 18.9. The van der Waals surface area contributed by atoms with Gasteiger partial charge in [0.1, 0.15) is 27.1 Å². The molecule has 0 spiro atoms. The molecule has 1 aromatic carbocycles. The molecule has 1 saturated heterocycles. The number of carbonyl (C=O) groups excluding carboxylic acids is 1. The lowest BCUT2D eigenvalue weighted by Gasteiger charge is -2.38. The molecule has 0 aliphatic carbocycles. The number of aliphatic imine (C=N–C) groups is 1. The summed E-state index contributed by atoms with van der Waals surface area (Å²) in [5.41, 5.74) is 2.77. The van der Waals surface area contributed by atoms with E-state index in [2.05, 4.69) is 9.89 Å². The summed E-state index contributed by atoms with van der Waals surface area (Å²) in [6.45, 7) is 7.72. The van der Waals surface area contributed by atoms with Gasteiger partial charge in [-0.3, -0.25) is 9.79 Å². The van der Waals surface area contributed by atoms with E-state index in [0.717, 1.165) is 46.9 Å². The van der Waals surface area contributed by atoms with Crippen molar-refractivity contribution < 1.29 is 18.9 Å². The number of amides is 1. The van der Waals surface area contributed by atoms with E-state index < -0.39 is 23.0 Å². The molecule has 0 radical (unpaired) electrons. The summed E-state index contributed by atoms with van der Waals surface area (Å²) in [6, 6.07) is 8.42. The lowest BCUT2D eigenvalue weighted by molar-refractivity contribution is -0.154. The number of benzene rings is 1. The van der Waals surface area contributed by atoms with Crippen molar-refractivity contribution >= 4 is 57.7 Å². The van der Waals surface area contributed by atoms with Crippen LogP contribution in [0.15, 0.2) is 45.6 Å². The Hall–Kier alpha value is -2.53. The van der Waals surface area contributed by atoms with Crippen molar-refractivity contribution in [2.45, 2.75) is 44.0 Å². The summed E-state index contributed by atoms with van der Waals surface area (Å²) in [7, 11) is 0.358. The van der Waals surface area contributed by atoms with Crippen molar-refractivity contribution in [3.63, 3.8) is 0 Å². The van der Waals surface area contributed by atoms with Gasteiger partial charge in [-0.1, -0.05) is 57.2 Å². The standard InChI is InChI=1S/C25H29ClN4O4S2.C2H6/c1-3-21-19(5-4-10-26)13-23(35-21)36(34)29-15-20(25(32)33)30(22(31)16-29)14-17-6-8-18(9-7-17)24-27-11-12-28(24)2;1-2/h4-9,13,20H,3,10-12,14-16H2,1-2H3,(H,32,33);1-2H3/b5-4-;. The van der Waals surface area contributed by atoms with E-state index in [1.54, 1.807) is 0 Å². The minimum Gasteiger partial charge on any atom is -0.480 e. The number of aryl methyl sites for hydroxylation is 1. The summed E-state index contributed by atoms with van der Waals surface area (Å²) in [4.78, 5) is 34.3. The number of hydrogen-bond donors (Lipinski definition) is 1. The number of carboxylic acids is 1. The van der Waals surface area contributed by atoms with E-state index in [-0.39, 0.29) is 25.5 Å². The molecule has 11 heteroatoms. The van der Waals surface area contributed by atoms with E-state index in [0.29, 0.717) is 10.1 Å². The number of thiophene rings is 1. The summed E-state index contributed by atoms with van der Waals surface area (Å²) in [5.74, 6) is -0.170. The lowest BCUT2D eigenvalue weighted by Crippen LogP contribution is -2.59. The van der Waals surface area contributed by atoms with E-state index in [9.17, 15) is 18.9 Å². The molecule has 2 atom stereocenters. The smallest absolute Gasteiger partial charge is 0.327 e. The maximum absolute atomic E-state index is 13.3. The van der Waals surface area contributed by atoms with Crippen molar-refractivity contribution in [3.05, 3.63) is 58.0 Å². The fourth-order valence-electron chi connectivity index (χ4n) is 4.33. The first kappa shape index (κ1) is 30.0. The summed E-state index contributed by atoms with van der Waals surface area (Å²) in [6.07, 6.45) is 4.50. The van der Waals surface area contributed by atoms with Gasteiger partial charge in [0.2, 0.25) is 5.91 Å². The molecule has 3 heterocycles. The van der Waals surface area contributed by atoms with Crippen LogP contribution in [0.5, 0.6) is 0 Å². The third-order valence-corrected chi connectivity index (χ3v) is 9.38. The predicted molar refractivity (Wildman–Crippen MR) is 155 cm³/mol. The number of amidine groups is 1. The summed E-state index contributed by atoms with van der Waals surface area (Å²) >= 11 is 7.17. The summed E-state index contributed by atoms with van der Waals surface area (Å²) in [5, 5.41) is 9.92. The maximum Gasteiger partial charge on any atom is 0.327 e. The molecule has 0 saturated carbocycles. The van der Waals surface area contributed by atoms with Crippen LogP contribution in [0, 0.1) is 0 Å². The van der Waals surface area contributed by atoms with Crippen LogP contribution in [0.4, 0.5) is 0 Å². The van der Waals surface area contributed by atoms with Crippen LogP contribution >= 0.6 is 22.9 Å². The van der Waals surface area contributed by atoms with Crippen LogP contribution in [0.3, 0.4) is 0 Å². The van der Waals surface area contributed by atoms with Crippen LogP contribution in [0.25, 0.3) is 6.08 Å². The number of rotatable bonds is 9. The van der Waals surface area contributed by atoms with Gasteiger partial charge < -0.3 is 14.9 Å². The van der Waals surface area contributed by atoms with Crippen LogP contribution in [-0.2, 0) is 33.5 Å². The van der Waals surface area contributed by atoms with Gasteiger partial charge in [0, 0.05) is 43.0 Å². The van der Waals surface area contributed by atoms with Gasteiger partial charge in [0.15, 0.2) is 0 Å².